The fourth-order valence-corrected chi connectivity index (χ4v) is 3.08. The Bertz CT molecular complexity index is 635. The van der Waals surface area contributed by atoms with Crippen molar-refractivity contribution in [3.05, 3.63) is 34.1 Å². The molecule has 1 aromatic rings. The van der Waals surface area contributed by atoms with Crippen LogP contribution in [0.5, 0.6) is 0 Å². The number of nitrogens with two attached hydrogens (primary N) is 1. The van der Waals surface area contributed by atoms with E-state index in [9.17, 15) is 22.9 Å². The van der Waals surface area contributed by atoms with Gasteiger partial charge in [0.1, 0.15) is 5.82 Å². The van der Waals surface area contributed by atoms with Gasteiger partial charge < -0.3 is 5.73 Å². The average molecular weight is 356 g/mol. The number of halogens is 2. The van der Waals surface area contributed by atoms with E-state index in [0.717, 1.165) is 18.2 Å². The minimum Gasteiger partial charge on any atom is -0.324 e. The minimum absolute atomic E-state index is 0. The summed E-state index contributed by atoms with van der Waals surface area (Å²) >= 11 is 0. The van der Waals surface area contributed by atoms with Gasteiger partial charge >= 0.3 is 0 Å². The topological polar surface area (TPSA) is 115 Å². The van der Waals surface area contributed by atoms with Gasteiger partial charge in [-0.1, -0.05) is 19.9 Å². The molecule has 3 N–H and O–H groups in total. The summed E-state index contributed by atoms with van der Waals surface area (Å²) in [6.07, 6.45) is 1.01. The Hall–Kier alpha value is -1.29. The number of nitro benzene ring substituents is 1. The summed E-state index contributed by atoms with van der Waals surface area (Å²) in [6.45, 7) is 3.46. The Labute approximate surface area is 134 Å². The van der Waals surface area contributed by atoms with Crippen molar-refractivity contribution in [2.45, 2.75) is 37.1 Å². The fraction of sp³-hybridized carbons (Fsp3) is 0.500. The molecule has 0 aliphatic heterocycles. The largest absolute Gasteiger partial charge is 0.324 e. The molecule has 7 nitrogen and oxygen atoms in total. The molecule has 0 spiro atoms. The molecule has 0 unspecified atom stereocenters. The van der Waals surface area contributed by atoms with E-state index in [-0.39, 0.29) is 19.0 Å². The number of nitrogens with zero attached hydrogens (tertiary/aromatic N) is 1. The van der Waals surface area contributed by atoms with Gasteiger partial charge in [0.2, 0.25) is 10.0 Å². The third-order valence-electron chi connectivity index (χ3n) is 3.43. The van der Waals surface area contributed by atoms with E-state index in [2.05, 4.69) is 4.72 Å². The van der Waals surface area contributed by atoms with E-state index in [0.29, 0.717) is 12.8 Å². The van der Waals surface area contributed by atoms with Crippen molar-refractivity contribution in [3.8, 4) is 0 Å². The third kappa shape index (κ3) is 4.60. The summed E-state index contributed by atoms with van der Waals surface area (Å²) in [7, 11) is -4.37. The molecule has 0 heterocycles. The maximum Gasteiger partial charge on any atom is 0.292 e. The number of sulfonamides is 1. The molecule has 0 atom stereocenters. The van der Waals surface area contributed by atoms with Crippen LogP contribution in [0.25, 0.3) is 0 Å². The van der Waals surface area contributed by atoms with Crippen molar-refractivity contribution in [2.75, 3.05) is 6.54 Å². The fourth-order valence-electron chi connectivity index (χ4n) is 1.72. The van der Waals surface area contributed by atoms with Gasteiger partial charge in [0.15, 0.2) is 4.90 Å². The second-order valence-corrected chi connectivity index (χ2v) is 6.44. The summed E-state index contributed by atoms with van der Waals surface area (Å²) in [5.74, 6) is -1.17. The molecule has 0 aliphatic rings. The molecule has 0 saturated heterocycles. The van der Waals surface area contributed by atoms with Crippen LogP contribution >= 0.6 is 12.4 Å². The molecule has 126 valence electrons. The molecule has 0 bridgehead atoms. The Morgan fingerprint density at radius 3 is 2.36 bits per heavy atom. The summed E-state index contributed by atoms with van der Waals surface area (Å²) in [6, 6.07) is 2.88. The minimum atomic E-state index is -4.37. The highest BCUT2D eigenvalue weighted by Crippen LogP contribution is 2.26. The van der Waals surface area contributed by atoms with E-state index in [1.54, 1.807) is 13.8 Å². The molecule has 0 aromatic heterocycles. The molecule has 0 saturated carbocycles. The molecular weight excluding hydrogens is 337 g/mol. The van der Waals surface area contributed by atoms with Gasteiger partial charge in [0.05, 0.1) is 4.92 Å². The zero-order valence-electron chi connectivity index (χ0n) is 12.2. The maximum atomic E-state index is 13.7. The Balaban J connectivity index is 0.00000441. The van der Waals surface area contributed by atoms with Crippen LogP contribution in [-0.2, 0) is 10.0 Å². The van der Waals surface area contributed by atoms with E-state index in [4.69, 9.17) is 5.73 Å². The number of nitrogens with one attached hydrogen (secondary N) is 1. The Kier molecular flexibility index (Phi) is 7.36. The number of rotatable bonds is 7. The number of hydrogen-bond acceptors (Lipinski definition) is 5. The van der Waals surface area contributed by atoms with Crippen molar-refractivity contribution in [1.29, 1.82) is 0 Å². The van der Waals surface area contributed by atoms with Crippen LogP contribution in [0.3, 0.4) is 0 Å². The van der Waals surface area contributed by atoms with Gasteiger partial charge in [0.25, 0.3) is 5.69 Å². The Morgan fingerprint density at radius 2 is 1.91 bits per heavy atom. The van der Waals surface area contributed by atoms with Crippen molar-refractivity contribution in [1.82, 2.24) is 4.72 Å². The second-order valence-electron chi connectivity index (χ2n) is 4.74. The van der Waals surface area contributed by atoms with E-state index >= 15 is 0 Å². The summed E-state index contributed by atoms with van der Waals surface area (Å²) in [5.41, 5.74) is 4.37. The SMILES string of the molecule is CCC(N)(CC)CNS(=O)(=O)c1c(F)cccc1[N+](=O)[O-].Cl. The quantitative estimate of drug-likeness (QED) is 0.573. The maximum absolute atomic E-state index is 13.7. The van der Waals surface area contributed by atoms with Crippen molar-refractivity contribution >= 4 is 28.1 Å². The third-order valence-corrected chi connectivity index (χ3v) is 4.90. The van der Waals surface area contributed by atoms with Gasteiger partial charge in [0, 0.05) is 18.2 Å². The van der Waals surface area contributed by atoms with Gasteiger partial charge in [-0.25, -0.2) is 17.5 Å². The highest BCUT2D eigenvalue weighted by Gasteiger charge is 2.31. The van der Waals surface area contributed by atoms with E-state index in [1.165, 1.54) is 0 Å². The molecule has 0 amide bonds. The smallest absolute Gasteiger partial charge is 0.292 e. The van der Waals surface area contributed by atoms with Crippen molar-refractivity contribution in [2.24, 2.45) is 5.73 Å². The van der Waals surface area contributed by atoms with Crippen LogP contribution in [-0.4, -0.2) is 25.4 Å². The van der Waals surface area contributed by atoms with Crippen LogP contribution in [0.1, 0.15) is 26.7 Å². The summed E-state index contributed by atoms with van der Waals surface area (Å²) in [5, 5.41) is 10.9. The lowest BCUT2D eigenvalue weighted by Gasteiger charge is -2.26. The molecule has 1 aromatic carbocycles. The summed E-state index contributed by atoms with van der Waals surface area (Å²) < 4.78 is 40.2. The first-order valence-electron chi connectivity index (χ1n) is 6.38. The second kappa shape index (κ2) is 7.82. The predicted molar refractivity (Wildman–Crippen MR) is 83.0 cm³/mol. The molecule has 0 aliphatic carbocycles. The van der Waals surface area contributed by atoms with E-state index < -0.39 is 36.9 Å². The van der Waals surface area contributed by atoms with Crippen LogP contribution < -0.4 is 10.5 Å². The summed E-state index contributed by atoms with van der Waals surface area (Å²) in [4.78, 5) is 8.95. The van der Waals surface area contributed by atoms with E-state index in [1.807, 2.05) is 0 Å². The van der Waals surface area contributed by atoms with Gasteiger partial charge in [-0.3, -0.25) is 10.1 Å². The number of nitro groups is 1. The number of hydrogen-bond donors (Lipinski definition) is 2. The zero-order chi connectivity index (χ0) is 16.3. The lowest BCUT2D eigenvalue weighted by atomic mass is 9.95. The van der Waals surface area contributed by atoms with Gasteiger partial charge in [-0.2, -0.15) is 0 Å². The standard InChI is InChI=1S/C12H18FN3O4S.ClH/c1-3-12(14,4-2)8-15-21(19,20)11-9(13)6-5-7-10(11)16(17)18;/h5-7,15H,3-4,8,14H2,1-2H3;1H. The molecule has 22 heavy (non-hydrogen) atoms. The van der Waals surface area contributed by atoms with Gasteiger partial charge in [-0.15, -0.1) is 12.4 Å². The molecule has 0 radical (unpaired) electrons. The molecule has 0 fully saturated rings. The lowest BCUT2D eigenvalue weighted by molar-refractivity contribution is -0.388. The van der Waals surface area contributed by atoms with Crippen LogP contribution in [0.15, 0.2) is 23.1 Å². The predicted octanol–water partition coefficient (Wildman–Crippen LogP) is 1.95. The van der Waals surface area contributed by atoms with Crippen LogP contribution in [0, 0.1) is 15.9 Å². The van der Waals surface area contributed by atoms with Crippen molar-refractivity contribution < 1.29 is 17.7 Å². The number of benzene rings is 1. The normalized spacial score (nSPS) is 11.8. The van der Waals surface area contributed by atoms with Gasteiger partial charge in [-0.05, 0) is 18.9 Å². The average Bonchev–Trinajstić information content (AvgIpc) is 2.44. The molecule has 10 heteroatoms. The van der Waals surface area contributed by atoms with Crippen LogP contribution in [0.4, 0.5) is 10.1 Å². The molecular formula is C12H19ClFN3O4S. The molecule has 1 rings (SSSR count). The zero-order valence-corrected chi connectivity index (χ0v) is 13.8. The van der Waals surface area contributed by atoms with Crippen LogP contribution in [0.2, 0.25) is 0 Å². The monoisotopic (exact) mass is 355 g/mol. The highest BCUT2D eigenvalue weighted by molar-refractivity contribution is 7.89. The Morgan fingerprint density at radius 1 is 1.36 bits per heavy atom. The first kappa shape index (κ1) is 20.7. The lowest BCUT2D eigenvalue weighted by Crippen LogP contribution is -2.49. The van der Waals surface area contributed by atoms with Crippen molar-refractivity contribution in [3.63, 3.8) is 0 Å². The first-order valence-corrected chi connectivity index (χ1v) is 7.86. The highest BCUT2D eigenvalue weighted by atomic mass is 35.5. The first-order chi connectivity index (χ1) is 9.67.